The van der Waals surface area contributed by atoms with E-state index < -0.39 is 18.3 Å². The number of aryl methyl sites for hydroxylation is 2. The maximum atomic E-state index is 12.6. The van der Waals surface area contributed by atoms with Gasteiger partial charge in [-0.2, -0.15) is 0 Å². The Morgan fingerprint density at radius 2 is 1.94 bits per heavy atom. The van der Waals surface area contributed by atoms with Crippen LogP contribution in [-0.2, 0) is 19.1 Å². The molecular formula is C22H38N4O6S. The summed E-state index contributed by atoms with van der Waals surface area (Å²) in [5, 5.41) is 24.2. The molecule has 1 fully saturated rings. The molecule has 1 aromatic rings. The van der Waals surface area contributed by atoms with Crippen LogP contribution in [0.2, 0.25) is 0 Å². The van der Waals surface area contributed by atoms with Gasteiger partial charge >= 0.3 is 0 Å². The summed E-state index contributed by atoms with van der Waals surface area (Å²) in [6.07, 6.45) is -0.761. The van der Waals surface area contributed by atoms with Gasteiger partial charge in [-0.3, -0.25) is 14.5 Å². The third-order valence-electron chi connectivity index (χ3n) is 5.77. The number of thiazole rings is 1. The number of anilines is 1. The fourth-order valence-corrected chi connectivity index (χ4v) is 4.48. The third-order valence-corrected chi connectivity index (χ3v) is 6.76. The number of nitrogens with zero attached hydrogens (tertiary/aromatic N) is 3. The van der Waals surface area contributed by atoms with Crippen LogP contribution >= 0.6 is 11.3 Å². The fourth-order valence-electron chi connectivity index (χ4n) is 3.65. The predicted octanol–water partition coefficient (Wildman–Crippen LogP) is 0.786. The van der Waals surface area contributed by atoms with E-state index in [0.717, 1.165) is 23.4 Å². The first-order chi connectivity index (χ1) is 15.7. The highest BCUT2D eigenvalue weighted by Gasteiger charge is 2.29. The molecule has 0 saturated carbocycles. The molecule has 3 N–H and O–H groups in total. The van der Waals surface area contributed by atoms with Gasteiger partial charge in [0.2, 0.25) is 11.8 Å². The number of amides is 2. The maximum absolute atomic E-state index is 12.6. The normalized spacial score (nSPS) is 24.7. The standard InChI is InChI=1S/C22H38N4O6S/c1-15-16(2)33-22(23-15)24-20(29)13-25-8-5-6-11-32-14-18(28)21(30)19(31-4)12-26(17(3)27)10-7-9-25/h18-19,21,28,30H,5-14H2,1-4H3,(H,23,24,29)/t18-,19-,21-/m0/s1. The highest BCUT2D eigenvalue weighted by molar-refractivity contribution is 7.15. The minimum absolute atomic E-state index is 0.0140. The predicted molar refractivity (Wildman–Crippen MR) is 126 cm³/mol. The quantitative estimate of drug-likeness (QED) is 0.571. The summed E-state index contributed by atoms with van der Waals surface area (Å²) in [5.74, 6) is -0.259. The van der Waals surface area contributed by atoms with E-state index >= 15 is 0 Å². The average molecular weight is 487 g/mol. The number of hydrogen-bond acceptors (Lipinski definition) is 9. The van der Waals surface area contributed by atoms with Gasteiger partial charge in [-0.1, -0.05) is 0 Å². The minimum Gasteiger partial charge on any atom is -0.388 e. The van der Waals surface area contributed by atoms with Gasteiger partial charge in [0, 0.05) is 45.2 Å². The van der Waals surface area contributed by atoms with Gasteiger partial charge in [0.25, 0.3) is 0 Å². The molecule has 1 aliphatic rings. The van der Waals surface area contributed by atoms with Crippen LogP contribution < -0.4 is 5.32 Å². The largest absolute Gasteiger partial charge is 0.388 e. The van der Waals surface area contributed by atoms with Gasteiger partial charge in [0.15, 0.2) is 5.13 Å². The Bertz CT molecular complexity index is 742. The first-order valence-corrected chi connectivity index (χ1v) is 12.2. The number of ether oxygens (including phenoxy) is 2. The van der Waals surface area contributed by atoms with Crippen LogP contribution in [0.3, 0.4) is 0 Å². The Morgan fingerprint density at radius 3 is 2.58 bits per heavy atom. The number of carbonyl (C=O) groups excluding carboxylic acids is 2. The molecule has 0 radical (unpaired) electrons. The Balaban J connectivity index is 2.01. The third kappa shape index (κ3) is 9.26. The highest BCUT2D eigenvalue weighted by Crippen LogP contribution is 2.21. The fraction of sp³-hybridized carbons (Fsp3) is 0.773. The van der Waals surface area contributed by atoms with E-state index in [1.54, 1.807) is 4.90 Å². The monoisotopic (exact) mass is 486 g/mol. The van der Waals surface area contributed by atoms with Crippen molar-refractivity contribution in [1.29, 1.82) is 0 Å². The molecule has 0 aromatic carbocycles. The van der Waals surface area contributed by atoms with Crippen molar-refractivity contribution >= 4 is 28.3 Å². The Labute approximate surface area is 199 Å². The van der Waals surface area contributed by atoms with Crippen LogP contribution in [0.4, 0.5) is 5.13 Å². The number of rotatable bonds is 4. The summed E-state index contributed by atoms with van der Waals surface area (Å²) >= 11 is 1.46. The summed E-state index contributed by atoms with van der Waals surface area (Å²) in [5.41, 5.74) is 0.915. The lowest BCUT2D eigenvalue weighted by atomic mass is 10.1. The van der Waals surface area contributed by atoms with Gasteiger partial charge in [0.1, 0.15) is 18.3 Å². The van der Waals surface area contributed by atoms with E-state index in [9.17, 15) is 19.8 Å². The molecule has 2 rings (SSSR count). The second kappa shape index (κ2) is 13.9. The molecule has 188 valence electrons. The van der Waals surface area contributed by atoms with Crippen LogP contribution in [-0.4, -0.2) is 108 Å². The van der Waals surface area contributed by atoms with Crippen molar-refractivity contribution in [1.82, 2.24) is 14.8 Å². The summed E-state index contributed by atoms with van der Waals surface area (Å²) in [6.45, 7) is 7.98. The molecule has 1 saturated heterocycles. The van der Waals surface area contributed by atoms with Crippen LogP contribution in [0.15, 0.2) is 0 Å². The zero-order valence-corrected chi connectivity index (χ0v) is 20.9. The number of methoxy groups -OCH3 is 1. The maximum Gasteiger partial charge on any atom is 0.240 e. The Kier molecular flexibility index (Phi) is 11.7. The lowest BCUT2D eigenvalue weighted by molar-refractivity contribution is -0.136. The van der Waals surface area contributed by atoms with Gasteiger partial charge in [0.05, 0.1) is 18.8 Å². The molecule has 3 atom stereocenters. The van der Waals surface area contributed by atoms with Crippen molar-refractivity contribution in [2.75, 3.05) is 58.4 Å². The molecule has 0 spiro atoms. The molecule has 2 amide bonds. The van der Waals surface area contributed by atoms with Gasteiger partial charge in [-0.05, 0) is 39.7 Å². The molecule has 11 heteroatoms. The SMILES string of the molecule is CO[C@H]1CN(C(C)=O)CCCN(CC(=O)Nc2nc(C)c(C)s2)CCCCOC[C@H](O)[C@@H]1O. The average Bonchev–Trinajstić information content (AvgIpc) is 3.07. The summed E-state index contributed by atoms with van der Waals surface area (Å²) in [6, 6.07) is 0. The van der Waals surface area contributed by atoms with Crippen molar-refractivity contribution in [2.45, 2.75) is 58.3 Å². The smallest absolute Gasteiger partial charge is 0.240 e. The summed E-state index contributed by atoms with van der Waals surface area (Å²) in [4.78, 5) is 33.9. The van der Waals surface area contributed by atoms with E-state index in [4.69, 9.17) is 9.47 Å². The van der Waals surface area contributed by atoms with Crippen molar-refractivity contribution in [3.63, 3.8) is 0 Å². The number of nitrogens with one attached hydrogen (secondary N) is 1. The molecule has 33 heavy (non-hydrogen) atoms. The lowest BCUT2D eigenvalue weighted by Gasteiger charge is -2.31. The number of aromatic nitrogens is 1. The van der Waals surface area contributed by atoms with Crippen molar-refractivity contribution in [2.24, 2.45) is 0 Å². The summed E-state index contributed by atoms with van der Waals surface area (Å²) < 4.78 is 10.9. The molecule has 2 heterocycles. The minimum atomic E-state index is -1.17. The van der Waals surface area contributed by atoms with Crippen molar-refractivity contribution in [3.8, 4) is 0 Å². The second-order valence-corrected chi connectivity index (χ2v) is 9.62. The van der Waals surface area contributed by atoms with Crippen molar-refractivity contribution in [3.05, 3.63) is 10.6 Å². The van der Waals surface area contributed by atoms with Crippen LogP contribution in [0.1, 0.15) is 36.8 Å². The Morgan fingerprint density at radius 1 is 1.21 bits per heavy atom. The number of aliphatic hydroxyl groups excluding tert-OH is 2. The molecule has 0 aliphatic carbocycles. The second-order valence-electron chi connectivity index (χ2n) is 8.42. The van der Waals surface area contributed by atoms with Gasteiger partial charge in [-0.15, -0.1) is 11.3 Å². The van der Waals surface area contributed by atoms with Gasteiger partial charge < -0.3 is 29.9 Å². The summed E-state index contributed by atoms with van der Waals surface area (Å²) in [7, 11) is 1.44. The van der Waals surface area contributed by atoms with E-state index in [0.29, 0.717) is 37.8 Å². The van der Waals surface area contributed by atoms with E-state index in [1.807, 2.05) is 13.8 Å². The van der Waals surface area contributed by atoms with Crippen LogP contribution in [0, 0.1) is 13.8 Å². The first-order valence-electron chi connectivity index (χ1n) is 11.4. The zero-order valence-electron chi connectivity index (χ0n) is 20.1. The van der Waals surface area contributed by atoms with E-state index in [2.05, 4.69) is 15.2 Å². The van der Waals surface area contributed by atoms with E-state index in [1.165, 1.54) is 25.4 Å². The van der Waals surface area contributed by atoms with Crippen LogP contribution in [0.25, 0.3) is 0 Å². The molecule has 10 nitrogen and oxygen atoms in total. The highest BCUT2D eigenvalue weighted by atomic mass is 32.1. The molecule has 0 bridgehead atoms. The number of hydrogen-bond donors (Lipinski definition) is 3. The van der Waals surface area contributed by atoms with Crippen LogP contribution in [0.5, 0.6) is 0 Å². The number of aliphatic hydroxyl groups is 2. The topological polar surface area (TPSA) is 124 Å². The van der Waals surface area contributed by atoms with Crippen molar-refractivity contribution < 1.29 is 29.3 Å². The van der Waals surface area contributed by atoms with Gasteiger partial charge in [-0.25, -0.2) is 4.98 Å². The first kappa shape index (κ1) is 27.6. The molecule has 0 unspecified atom stereocenters. The Hall–Kier alpha value is -1.63. The molecule has 1 aromatic heterocycles. The van der Waals surface area contributed by atoms with E-state index in [-0.39, 0.29) is 31.5 Å². The molecular weight excluding hydrogens is 448 g/mol. The number of carbonyl (C=O) groups is 2. The zero-order chi connectivity index (χ0) is 24.4. The molecule has 1 aliphatic heterocycles. The lowest BCUT2D eigenvalue weighted by Crippen LogP contribution is -2.48.